The van der Waals surface area contributed by atoms with Crippen molar-refractivity contribution < 1.29 is 9.36 Å². The summed E-state index contributed by atoms with van der Waals surface area (Å²) in [7, 11) is -3.16. The first-order valence-electron chi connectivity index (χ1n) is 9.92. The normalized spacial score (nSPS) is 14.0. The number of hydrogen-bond acceptors (Lipinski definition) is 2. The Bertz CT molecular complexity index is 821. The molecule has 0 heterocycles. The van der Waals surface area contributed by atoms with Gasteiger partial charge in [0.15, 0.2) is 7.14 Å². The highest BCUT2D eigenvalue weighted by atomic mass is 31.2. The number of rotatable bonds is 7. The smallest absolute Gasteiger partial charge is 0.226 e. The molecule has 0 spiro atoms. The fourth-order valence-electron chi connectivity index (χ4n) is 3.52. The molecule has 0 N–H and O–H groups in total. The van der Waals surface area contributed by atoms with E-state index < -0.39 is 7.14 Å². The molecule has 0 aliphatic carbocycles. The molecule has 1 unspecified atom stereocenters. The summed E-state index contributed by atoms with van der Waals surface area (Å²) in [6, 6.07) is 13.5. The first kappa shape index (κ1) is 21.6. The molecule has 2 aromatic rings. The summed E-state index contributed by atoms with van der Waals surface area (Å²) in [5.41, 5.74) is 3.54. The van der Waals surface area contributed by atoms with E-state index in [4.69, 9.17) is 0 Å². The molecular weight excluding hydrogens is 351 g/mol. The van der Waals surface area contributed by atoms with E-state index >= 15 is 0 Å². The Morgan fingerprint density at radius 1 is 0.963 bits per heavy atom. The third kappa shape index (κ3) is 4.79. The fraction of sp³-hybridized carbons (Fsp3) is 0.458. The lowest BCUT2D eigenvalue weighted by Gasteiger charge is -2.24. The lowest BCUT2D eigenvalue weighted by atomic mass is 9.84. The number of carbonyl (C=O) groups is 1. The minimum absolute atomic E-state index is 0.0152. The van der Waals surface area contributed by atoms with E-state index in [2.05, 4.69) is 39.8 Å². The van der Waals surface area contributed by atoms with Crippen molar-refractivity contribution in [2.24, 2.45) is 0 Å². The molecule has 0 amide bonds. The van der Waals surface area contributed by atoms with Crippen LogP contribution in [0.3, 0.4) is 0 Å². The second-order valence-corrected chi connectivity index (χ2v) is 11.4. The Morgan fingerprint density at radius 3 is 2.00 bits per heavy atom. The Morgan fingerprint density at radius 2 is 1.52 bits per heavy atom. The average Bonchev–Trinajstić information content (AvgIpc) is 2.61. The van der Waals surface area contributed by atoms with E-state index in [0.717, 1.165) is 30.4 Å². The summed E-state index contributed by atoms with van der Waals surface area (Å²) >= 11 is 0. The Kier molecular flexibility index (Phi) is 6.87. The van der Waals surface area contributed by atoms with Crippen molar-refractivity contribution in [3.05, 3.63) is 64.7 Å². The van der Waals surface area contributed by atoms with Crippen LogP contribution in [0.5, 0.6) is 0 Å². The molecule has 1 atom stereocenters. The van der Waals surface area contributed by atoms with Crippen LogP contribution < -0.4 is 5.30 Å². The molecule has 0 saturated heterocycles. The second-order valence-electron chi connectivity index (χ2n) is 8.55. The zero-order chi connectivity index (χ0) is 20.2. The molecule has 2 aromatic carbocycles. The summed E-state index contributed by atoms with van der Waals surface area (Å²) in [4.78, 5) is 13.6. The first-order valence-corrected chi connectivity index (χ1v) is 11.8. The molecule has 2 nitrogen and oxygen atoms in total. The van der Waals surface area contributed by atoms with Crippen LogP contribution in [-0.4, -0.2) is 11.7 Å². The van der Waals surface area contributed by atoms with Gasteiger partial charge in [0.1, 0.15) is 0 Å². The van der Waals surface area contributed by atoms with Gasteiger partial charge in [0, 0.05) is 17.0 Å². The molecule has 0 fully saturated rings. The van der Waals surface area contributed by atoms with Crippen LogP contribution >= 0.6 is 7.14 Å². The SMILES string of the molecule is CCCCCP(=O)(C(=O)c1c(C)cc(C(C)(C)C)cc1C)c1ccccc1. The summed E-state index contributed by atoms with van der Waals surface area (Å²) in [5.74, 6) is 0. The minimum atomic E-state index is -3.16. The standard InChI is InChI=1S/C24H33O2P/c1-7-8-12-15-27(26,21-13-10-9-11-14-21)23(25)22-18(2)16-20(17-19(22)3)24(4,5)6/h9-11,13-14,16-17H,7-8,12,15H2,1-6H3. The monoisotopic (exact) mass is 384 g/mol. The average molecular weight is 385 g/mol. The number of benzene rings is 2. The number of carbonyl (C=O) groups excluding carboxylic acids is 1. The molecule has 0 saturated carbocycles. The van der Waals surface area contributed by atoms with Crippen LogP contribution in [0, 0.1) is 13.8 Å². The van der Waals surface area contributed by atoms with Gasteiger partial charge in [0.2, 0.25) is 5.52 Å². The second kappa shape index (κ2) is 8.57. The van der Waals surface area contributed by atoms with Gasteiger partial charge in [0.25, 0.3) is 0 Å². The quantitative estimate of drug-likeness (QED) is 0.397. The molecule has 0 aliphatic rings. The van der Waals surface area contributed by atoms with E-state index in [9.17, 15) is 9.36 Å². The molecule has 0 radical (unpaired) electrons. The van der Waals surface area contributed by atoms with Gasteiger partial charge in [-0.1, -0.05) is 83.0 Å². The first-order chi connectivity index (χ1) is 12.6. The van der Waals surface area contributed by atoms with Gasteiger partial charge < -0.3 is 4.57 Å². The largest absolute Gasteiger partial charge is 0.310 e. The zero-order valence-electron chi connectivity index (χ0n) is 17.6. The van der Waals surface area contributed by atoms with E-state index in [1.165, 1.54) is 5.56 Å². The van der Waals surface area contributed by atoms with Crippen LogP contribution in [0.1, 0.15) is 74.0 Å². The molecule has 2 rings (SSSR count). The summed E-state index contributed by atoms with van der Waals surface area (Å²) < 4.78 is 14.0. The maximum Gasteiger partial charge on any atom is 0.226 e. The van der Waals surface area contributed by atoms with Gasteiger partial charge in [-0.2, -0.15) is 0 Å². The van der Waals surface area contributed by atoms with Crippen LogP contribution in [0.25, 0.3) is 0 Å². The van der Waals surface area contributed by atoms with Crippen LogP contribution in [0.15, 0.2) is 42.5 Å². The number of hydrogen-bond donors (Lipinski definition) is 0. The van der Waals surface area contributed by atoms with Gasteiger partial charge in [-0.3, -0.25) is 4.79 Å². The van der Waals surface area contributed by atoms with Crippen LogP contribution in [0.4, 0.5) is 0 Å². The lowest BCUT2D eigenvalue weighted by molar-refractivity contribution is 0.107. The number of aryl methyl sites for hydroxylation is 2. The molecule has 27 heavy (non-hydrogen) atoms. The Labute approximate surface area is 164 Å². The van der Waals surface area contributed by atoms with Crippen molar-refractivity contribution in [3.8, 4) is 0 Å². The Balaban J connectivity index is 2.55. The lowest BCUT2D eigenvalue weighted by Crippen LogP contribution is -2.19. The number of unbranched alkanes of at least 4 members (excludes halogenated alkanes) is 2. The predicted octanol–water partition coefficient (Wildman–Crippen LogP) is 6.62. The topological polar surface area (TPSA) is 34.1 Å². The Hall–Kier alpha value is -1.66. The van der Waals surface area contributed by atoms with Crippen LogP contribution in [0.2, 0.25) is 0 Å². The fourth-order valence-corrected chi connectivity index (χ4v) is 6.25. The van der Waals surface area contributed by atoms with Crippen molar-refractivity contribution in [2.45, 2.75) is 66.2 Å². The molecule has 0 bridgehead atoms. The van der Waals surface area contributed by atoms with Gasteiger partial charge in [-0.15, -0.1) is 0 Å². The van der Waals surface area contributed by atoms with Gasteiger partial charge >= 0.3 is 0 Å². The highest BCUT2D eigenvalue weighted by Gasteiger charge is 2.35. The van der Waals surface area contributed by atoms with E-state index in [1.807, 2.05) is 44.2 Å². The van der Waals surface area contributed by atoms with Crippen molar-refractivity contribution >= 4 is 18.0 Å². The maximum absolute atomic E-state index is 14.0. The zero-order valence-corrected chi connectivity index (χ0v) is 18.5. The van der Waals surface area contributed by atoms with E-state index in [-0.39, 0.29) is 10.9 Å². The molecule has 146 valence electrons. The summed E-state index contributed by atoms with van der Waals surface area (Å²) in [6.07, 6.45) is 3.29. The molecule has 0 aromatic heterocycles. The van der Waals surface area contributed by atoms with Gasteiger partial charge in [0.05, 0.1) is 0 Å². The van der Waals surface area contributed by atoms with Crippen molar-refractivity contribution in [1.82, 2.24) is 0 Å². The predicted molar refractivity (Wildman–Crippen MR) is 117 cm³/mol. The maximum atomic E-state index is 14.0. The van der Waals surface area contributed by atoms with Crippen molar-refractivity contribution in [2.75, 3.05) is 6.16 Å². The summed E-state index contributed by atoms with van der Waals surface area (Å²) in [5, 5.41) is 0.685. The van der Waals surface area contributed by atoms with Crippen LogP contribution in [-0.2, 0) is 9.98 Å². The van der Waals surface area contributed by atoms with Crippen molar-refractivity contribution in [3.63, 3.8) is 0 Å². The van der Waals surface area contributed by atoms with Crippen molar-refractivity contribution in [1.29, 1.82) is 0 Å². The third-order valence-corrected chi connectivity index (χ3v) is 8.15. The van der Waals surface area contributed by atoms with E-state index in [1.54, 1.807) is 0 Å². The molecule has 0 aliphatic heterocycles. The van der Waals surface area contributed by atoms with E-state index in [0.29, 0.717) is 17.0 Å². The molecular formula is C24H33O2P. The minimum Gasteiger partial charge on any atom is -0.310 e. The highest BCUT2D eigenvalue weighted by molar-refractivity contribution is 7.87. The van der Waals surface area contributed by atoms with Gasteiger partial charge in [-0.25, -0.2) is 0 Å². The van der Waals surface area contributed by atoms with Gasteiger partial charge in [-0.05, 0) is 42.4 Å². The molecule has 3 heteroatoms. The summed E-state index contributed by atoms with van der Waals surface area (Å²) in [6.45, 7) is 12.6. The highest BCUT2D eigenvalue weighted by Crippen LogP contribution is 2.50. The third-order valence-electron chi connectivity index (χ3n) is 5.19.